The van der Waals surface area contributed by atoms with Gasteiger partial charge in [0.15, 0.2) is 11.5 Å². The van der Waals surface area contributed by atoms with Gasteiger partial charge in [-0.2, -0.15) is 5.26 Å². The van der Waals surface area contributed by atoms with Gasteiger partial charge in [-0.05, 0) is 49.2 Å². The lowest BCUT2D eigenvalue weighted by atomic mass is 10.1. The number of amides is 1. The van der Waals surface area contributed by atoms with Gasteiger partial charge in [0, 0.05) is 10.2 Å². The molecule has 27 heavy (non-hydrogen) atoms. The molecule has 0 atom stereocenters. The van der Waals surface area contributed by atoms with E-state index in [2.05, 4.69) is 21.2 Å². The number of benzene rings is 2. The van der Waals surface area contributed by atoms with Crippen LogP contribution in [0.3, 0.4) is 0 Å². The number of aryl methyl sites for hydroxylation is 1. The lowest BCUT2D eigenvalue weighted by Gasteiger charge is -2.12. The molecule has 0 aromatic heterocycles. The second-order valence-corrected chi connectivity index (χ2v) is 6.72. The first-order valence-corrected chi connectivity index (χ1v) is 9.28. The SMILES string of the molecule is CCCOc1cc(Br)c(/C=C(/C#N)C(=O)Nc2ccc(C)cc2)cc1OC. The highest BCUT2D eigenvalue weighted by molar-refractivity contribution is 9.10. The zero-order valence-electron chi connectivity index (χ0n) is 15.5. The lowest BCUT2D eigenvalue weighted by Crippen LogP contribution is -2.13. The van der Waals surface area contributed by atoms with Crippen molar-refractivity contribution in [2.24, 2.45) is 0 Å². The first-order valence-electron chi connectivity index (χ1n) is 8.48. The summed E-state index contributed by atoms with van der Waals surface area (Å²) >= 11 is 3.46. The summed E-state index contributed by atoms with van der Waals surface area (Å²) in [5.41, 5.74) is 2.35. The number of hydrogen-bond acceptors (Lipinski definition) is 4. The number of nitrogens with zero attached hydrogens (tertiary/aromatic N) is 1. The molecule has 1 N–H and O–H groups in total. The Balaban J connectivity index is 2.29. The highest BCUT2D eigenvalue weighted by atomic mass is 79.9. The molecule has 1 amide bonds. The van der Waals surface area contributed by atoms with Crippen LogP contribution in [0.5, 0.6) is 11.5 Å². The van der Waals surface area contributed by atoms with Crippen LogP contribution in [0.2, 0.25) is 0 Å². The molecule has 0 heterocycles. The van der Waals surface area contributed by atoms with Crippen LogP contribution in [0.15, 0.2) is 46.4 Å². The topological polar surface area (TPSA) is 71.3 Å². The maximum absolute atomic E-state index is 12.4. The number of carbonyl (C=O) groups is 1. The predicted octanol–water partition coefficient (Wildman–Crippen LogP) is 5.10. The predicted molar refractivity (Wildman–Crippen MR) is 110 cm³/mol. The van der Waals surface area contributed by atoms with Crippen molar-refractivity contribution < 1.29 is 14.3 Å². The summed E-state index contributed by atoms with van der Waals surface area (Å²) in [4.78, 5) is 12.4. The summed E-state index contributed by atoms with van der Waals surface area (Å²) in [6.45, 7) is 4.55. The molecule has 2 aromatic carbocycles. The van der Waals surface area contributed by atoms with Gasteiger partial charge in [-0.25, -0.2) is 0 Å². The molecule has 0 aliphatic heterocycles. The van der Waals surface area contributed by atoms with Crippen LogP contribution in [0.1, 0.15) is 24.5 Å². The Hall–Kier alpha value is -2.78. The Morgan fingerprint density at radius 3 is 2.56 bits per heavy atom. The summed E-state index contributed by atoms with van der Waals surface area (Å²) in [5.74, 6) is 0.665. The summed E-state index contributed by atoms with van der Waals surface area (Å²) < 4.78 is 11.7. The zero-order chi connectivity index (χ0) is 19.8. The van der Waals surface area contributed by atoms with Crippen LogP contribution in [0.4, 0.5) is 5.69 Å². The minimum atomic E-state index is -0.474. The van der Waals surface area contributed by atoms with E-state index in [1.807, 2.05) is 32.0 Å². The zero-order valence-corrected chi connectivity index (χ0v) is 17.1. The molecule has 2 rings (SSSR count). The van der Waals surface area contributed by atoms with Crippen LogP contribution in [0, 0.1) is 18.3 Å². The monoisotopic (exact) mass is 428 g/mol. The van der Waals surface area contributed by atoms with Crippen LogP contribution in [-0.2, 0) is 4.79 Å². The molecule has 0 saturated carbocycles. The van der Waals surface area contributed by atoms with Crippen molar-refractivity contribution in [3.05, 3.63) is 57.6 Å². The number of halogens is 1. The molecule has 0 saturated heterocycles. The van der Waals surface area contributed by atoms with Crippen molar-refractivity contribution in [2.45, 2.75) is 20.3 Å². The van der Waals surface area contributed by atoms with E-state index < -0.39 is 5.91 Å². The van der Waals surface area contributed by atoms with E-state index >= 15 is 0 Å². The van der Waals surface area contributed by atoms with Crippen molar-refractivity contribution in [3.8, 4) is 17.6 Å². The number of methoxy groups -OCH3 is 1. The third-order valence-corrected chi connectivity index (χ3v) is 4.41. The van der Waals surface area contributed by atoms with Crippen molar-refractivity contribution in [1.29, 1.82) is 5.26 Å². The number of nitriles is 1. The molecule has 0 radical (unpaired) electrons. The Kier molecular flexibility index (Phi) is 7.44. The van der Waals surface area contributed by atoms with Crippen molar-refractivity contribution >= 4 is 33.6 Å². The number of nitrogens with one attached hydrogen (secondary N) is 1. The smallest absolute Gasteiger partial charge is 0.266 e. The van der Waals surface area contributed by atoms with Gasteiger partial charge < -0.3 is 14.8 Å². The Bertz CT molecular complexity index is 884. The molecule has 0 bridgehead atoms. The number of hydrogen-bond donors (Lipinski definition) is 1. The summed E-state index contributed by atoms with van der Waals surface area (Å²) in [7, 11) is 1.55. The fourth-order valence-corrected chi connectivity index (χ4v) is 2.72. The fourth-order valence-electron chi connectivity index (χ4n) is 2.29. The Labute approximate surface area is 167 Å². The summed E-state index contributed by atoms with van der Waals surface area (Å²) in [6, 6.07) is 12.8. The minimum Gasteiger partial charge on any atom is -0.493 e. The van der Waals surface area contributed by atoms with E-state index in [-0.39, 0.29) is 5.57 Å². The number of carbonyl (C=O) groups excluding carboxylic acids is 1. The highest BCUT2D eigenvalue weighted by Crippen LogP contribution is 2.34. The minimum absolute atomic E-state index is 0.0134. The van der Waals surface area contributed by atoms with Gasteiger partial charge in [-0.15, -0.1) is 0 Å². The molecular weight excluding hydrogens is 408 g/mol. The van der Waals surface area contributed by atoms with E-state index in [1.54, 1.807) is 31.4 Å². The molecule has 5 nitrogen and oxygen atoms in total. The highest BCUT2D eigenvalue weighted by Gasteiger charge is 2.13. The van der Waals surface area contributed by atoms with Crippen molar-refractivity contribution in [1.82, 2.24) is 0 Å². The van der Waals surface area contributed by atoms with Crippen molar-refractivity contribution in [2.75, 3.05) is 19.0 Å². The molecule has 0 unspecified atom stereocenters. The number of rotatable bonds is 7. The van der Waals surface area contributed by atoms with Gasteiger partial charge in [0.25, 0.3) is 5.91 Å². The van der Waals surface area contributed by atoms with Crippen LogP contribution in [-0.4, -0.2) is 19.6 Å². The van der Waals surface area contributed by atoms with Crippen molar-refractivity contribution in [3.63, 3.8) is 0 Å². The Morgan fingerprint density at radius 2 is 1.96 bits per heavy atom. The number of ether oxygens (including phenoxy) is 2. The van der Waals surface area contributed by atoms with Gasteiger partial charge in [-0.1, -0.05) is 40.5 Å². The van der Waals surface area contributed by atoms with Crippen LogP contribution < -0.4 is 14.8 Å². The van der Waals surface area contributed by atoms with Gasteiger partial charge in [-0.3, -0.25) is 4.79 Å². The van der Waals surface area contributed by atoms with Crippen LogP contribution in [0.25, 0.3) is 6.08 Å². The third kappa shape index (κ3) is 5.60. The molecule has 6 heteroatoms. The second-order valence-electron chi connectivity index (χ2n) is 5.86. The summed E-state index contributed by atoms with van der Waals surface area (Å²) in [5, 5.41) is 12.1. The second kappa shape index (κ2) is 9.79. The van der Waals surface area contributed by atoms with Gasteiger partial charge in [0.05, 0.1) is 13.7 Å². The molecule has 0 aliphatic carbocycles. The fraction of sp³-hybridized carbons (Fsp3) is 0.238. The van der Waals surface area contributed by atoms with Gasteiger partial charge in [0.1, 0.15) is 11.6 Å². The molecular formula is C21H21BrN2O3. The van der Waals surface area contributed by atoms with E-state index in [0.29, 0.717) is 33.8 Å². The van der Waals surface area contributed by atoms with E-state index in [4.69, 9.17) is 9.47 Å². The average Bonchev–Trinajstić information content (AvgIpc) is 2.67. The molecule has 140 valence electrons. The van der Waals surface area contributed by atoms with E-state index in [9.17, 15) is 10.1 Å². The maximum Gasteiger partial charge on any atom is 0.266 e. The quantitative estimate of drug-likeness (QED) is 0.491. The van der Waals surface area contributed by atoms with Crippen LogP contribution >= 0.6 is 15.9 Å². The van der Waals surface area contributed by atoms with Gasteiger partial charge in [0.2, 0.25) is 0 Å². The van der Waals surface area contributed by atoms with E-state index in [0.717, 1.165) is 12.0 Å². The third-order valence-electron chi connectivity index (χ3n) is 3.72. The maximum atomic E-state index is 12.4. The molecule has 2 aromatic rings. The average molecular weight is 429 g/mol. The Morgan fingerprint density at radius 1 is 1.26 bits per heavy atom. The normalized spacial score (nSPS) is 10.9. The first-order chi connectivity index (χ1) is 13.0. The lowest BCUT2D eigenvalue weighted by molar-refractivity contribution is -0.112. The standard InChI is InChI=1S/C21H21BrN2O3/c1-4-9-27-20-12-18(22)15(11-19(20)26-3)10-16(13-23)21(25)24-17-7-5-14(2)6-8-17/h5-8,10-12H,4,9H2,1-3H3,(H,24,25)/b16-10-. The molecule has 0 aliphatic rings. The largest absolute Gasteiger partial charge is 0.493 e. The van der Waals surface area contributed by atoms with Gasteiger partial charge >= 0.3 is 0 Å². The molecule has 0 fully saturated rings. The summed E-state index contributed by atoms with van der Waals surface area (Å²) in [6.07, 6.45) is 2.39. The van der Waals surface area contributed by atoms with E-state index in [1.165, 1.54) is 6.08 Å². The first kappa shape index (κ1) is 20.5. The molecule has 0 spiro atoms. The number of anilines is 1.